The lowest BCUT2D eigenvalue weighted by Crippen LogP contribution is -2.49. The first kappa shape index (κ1) is 20.9. The third-order valence-corrected chi connectivity index (χ3v) is 5.69. The fraction of sp³-hybridized carbons (Fsp3) is 0.348. The van der Waals surface area contributed by atoms with E-state index in [9.17, 15) is 14.4 Å². The number of fused-ring (bicyclic) bond motifs is 1. The second kappa shape index (κ2) is 9.18. The van der Waals surface area contributed by atoms with Gasteiger partial charge in [0.05, 0.1) is 11.4 Å². The summed E-state index contributed by atoms with van der Waals surface area (Å²) in [5, 5.41) is 5.73. The van der Waals surface area contributed by atoms with Crippen LogP contribution < -0.4 is 21.3 Å². The summed E-state index contributed by atoms with van der Waals surface area (Å²) >= 11 is 0. The monoisotopic (exact) mass is 422 g/mol. The van der Waals surface area contributed by atoms with Crippen LogP contribution in [0.5, 0.6) is 0 Å². The summed E-state index contributed by atoms with van der Waals surface area (Å²) in [5.41, 5.74) is 8.26. The zero-order valence-corrected chi connectivity index (χ0v) is 17.2. The van der Waals surface area contributed by atoms with Gasteiger partial charge in [-0.2, -0.15) is 0 Å². The number of nitrogens with one attached hydrogen (secondary N) is 2. The van der Waals surface area contributed by atoms with Crippen LogP contribution in [0.1, 0.15) is 41.6 Å². The molecule has 0 spiro atoms. The fourth-order valence-electron chi connectivity index (χ4n) is 3.98. The van der Waals surface area contributed by atoms with E-state index in [4.69, 9.17) is 10.5 Å². The van der Waals surface area contributed by atoms with Gasteiger partial charge in [0.1, 0.15) is 13.2 Å². The van der Waals surface area contributed by atoms with Crippen molar-refractivity contribution in [3.8, 4) is 0 Å². The van der Waals surface area contributed by atoms with E-state index in [-0.39, 0.29) is 37.0 Å². The number of ether oxygens (including phenoxy) is 1. The average molecular weight is 422 g/mol. The van der Waals surface area contributed by atoms with Crippen molar-refractivity contribution in [3.05, 3.63) is 59.7 Å². The summed E-state index contributed by atoms with van der Waals surface area (Å²) in [6, 6.07) is 14.1. The summed E-state index contributed by atoms with van der Waals surface area (Å²) in [7, 11) is 0. The highest BCUT2D eigenvalue weighted by atomic mass is 16.6. The van der Waals surface area contributed by atoms with Crippen LogP contribution in [-0.4, -0.2) is 36.5 Å². The van der Waals surface area contributed by atoms with Crippen molar-refractivity contribution < 1.29 is 19.1 Å². The van der Waals surface area contributed by atoms with E-state index >= 15 is 0 Å². The zero-order chi connectivity index (χ0) is 21.8. The van der Waals surface area contributed by atoms with Crippen LogP contribution in [-0.2, 0) is 16.1 Å². The predicted molar refractivity (Wildman–Crippen MR) is 117 cm³/mol. The fourth-order valence-corrected chi connectivity index (χ4v) is 3.98. The van der Waals surface area contributed by atoms with Gasteiger partial charge in [-0.3, -0.25) is 14.5 Å². The summed E-state index contributed by atoms with van der Waals surface area (Å²) in [6.07, 6.45) is 3.25. The number of anilines is 2. The van der Waals surface area contributed by atoms with Gasteiger partial charge in [0.25, 0.3) is 5.91 Å². The lowest BCUT2D eigenvalue weighted by Gasteiger charge is -2.30. The number of benzene rings is 2. The van der Waals surface area contributed by atoms with Crippen molar-refractivity contribution in [2.45, 2.75) is 44.4 Å². The summed E-state index contributed by atoms with van der Waals surface area (Å²) in [6.45, 7) is -0.0433. The maximum atomic E-state index is 12.7. The Bertz CT molecular complexity index is 979. The molecule has 1 fully saturated rings. The van der Waals surface area contributed by atoms with Gasteiger partial charge in [0.2, 0.25) is 5.91 Å². The van der Waals surface area contributed by atoms with Crippen LogP contribution in [0, 0.1) is 0 Å². The quantitative estimate of drug-likeness (QED) is 0.701. The molecule has 0 radical (unpaired) electrons. The van der Waals surface area contributed by atoms with Gasteiger partial charge >= 0.3 is 6.09 Å². The van der Waals surface area contributed by atoms with Crippen molar-refractivity contribution in [1.29, 1.82) is 0 Å². The normalized spacial score (nSPS) is 20.4. The SMILES string of the molecule is NC1CCCCC1NC(=O)c1ccc2c(c1)NC(=O)CN2C(=O)OCc1ccccc1. The molecule has 2 unspecified atom stereocenters. The Morgan fingerprint density at radius 2 is 1.90 bits per heavy atom. The van der Waals surface area contributed by atoms with E-state index in [2.05, 4.69) is 10.6 Å². The van der Waals surface area contributed by atoms with Crippen molar-refractivity contribution in [3.63, 3.8) is 0 Å². The van der Waals surface area contributed by atoms with Gasteiger partial charge in [-0.15, -0.1) is 0 Å². The molecule has 1 aliphatic heterocycles. The molecular formula is C23H26N4O4. The summed E-state index contributed by atoms with van der Waals surface area (Å²) in [5.74, 6) is -0.598. The van der Waals surface area contributed by atoms with Crippen LogP contribution >= 0.6 is 0 Å². The molecule has 162 valence electrons. The smallest absolute Gasteiger partial charge is 0.415 e. The minimum Gasteiger partial charge on any atom is -0.444 e. The highest BCUT2D eigenvalue weighted by Gasteiger charge is 2.29. The van der Waals surface area contributed by atoms with E-state index < -0.39 is 6.09 Å². The molecule has 1 heterocycles. The highest BCUT2D eigenvalue weighted by Crippen LogP contribution is 2.31. The number of hydrogen-bond donors (Lipinski definition) is 3. The second-order valence-corrected chi connectivity index (χ2v) is 7.93. The zero-order valence-electron chi connectivity index (χ0n) is 17.2. The molecular weight excluding hydrogens is 396 g/mol. The third kappa shape index (κ3) is 4.86. The number of amides is 3. The molecule has 4 N–H and O–H groups in total. The third-order valence-electron chi connectivity index (χ3n) is 5.69. The molecule has 2 aromatic rings. The molecule has 3 amide bonds. The Balaban J connectivity index is 1.47. The molecule has 8 nitrogen and oxygen atoms in total. The Morgan fingerprint density at radius 3 is 2.68 bits per heavy atom. The van der Waals surface area contributed by atoms with Crippen LogP contribution in [0.2, 0.25) is 0 Å². The molecule has 2 aliphatic rings. The molecule has 4 rings (SSSR count). The van der Waals surface area contributed by atoms with Gasteiger partial charge in [-0.05, 0) is 36.6 Å². The van der Waals surface area contributed by atoms with E-state index in [1.165, 1.54) is 4.90 Å². The lowest BCUT2D eigenvalue weighted by molar-refractivity contribution is -0.115. The van der Waals surface area contributed by atoms with Gasteiger partial charge in [-0.1, -0.05) is 43.2 Å². The minimum absolute atomic E-state index is 0.0510. The molecule has 2 aromatic carbocycles. The first-order valence-electron chi connectivity index (χ1n) is 10.5. The number of nitrogens with two attached hydrogens (primary N) is 1. The van der Waals surface area contributed by atoms with Crippen molar-refractivity contribution in [2.24, 2.45) is 5.73 Å². The van der Waals surface area contributed by atoms with E-state index in [1.807, 2.05) is 30.3 Å². The first-order chi connectivity index (χ1) is 15.0. The standard InChI is InChI=1S/C23H26N4O4/c24-17-8-4-5-9-18(17)26-22(29)16-10-11-20-19(12-16)25-21(28)13-27(20)23(30)31-14-15-6-2-1-3-7-15/h1-3,6-7,10-12,17-18H,4-5,8-9,13-14,24H2,(H,25,28)(H,26,29). The number of carbonyl (C=O) groups excluding carboxylic acids is 3. The van der Waals surface area contributed by atoms with Gasteiger partial charge in [0.15, 0.2) is 0 Å². The molecule has 0 bridgehead atoms. The van der Waals surface area contributed by atoms with Crippen LogP contribution in [0.4, 0.5) is 16.2 Å². The lowest BCUT2D eigenvalue weighted by atomic mass is 9.91. The van der Waals surface area contributed by atoms with E-state index in [1.54, 1.807) is 18.2 Å². The van der Waals surface area contributed by atoms with Crippen LogP contribution in [0.15, 0.2) is 48.5 Å². The van der Waals surface area contributed by atoms with Crippen LogP contribution in [0.25, 0.3) is 0 Å². The Morgan fingerprint density at radius 1 is 1.13 bits per heavy atom. The number of nitrogens with zero attached hydrogens (tertiary/aromatic N) is 1. The predicted octanol–water partition coefficient (Wildman–Crippen LogP) is 2.78. The Labute approximate surface area is 180 Å². The molecule has 0 aromatic heterocycles. The van der Waals surface area contributed by atoms with E-state index in [0.29, 0.717) is 16.9 Å². The second-order valence-electron chi connectivity index (χ2n) is 7.93. The minimum atomic E-state index is -0.620. The molecule has 0 saturated heterocycles. The first-order valence-corrected chi connectivity index (χ1v) is 10.5. The van der Waals surface area contributed by atoms with Gasteiger partial charge < -0.3 is 21.1 Å². The average Bonchev–Trinajstić information content (AvgIpc) is 2.78. The van der Waals surface area contributed by atoms with E-state index in [0.717, 1.165) is 31.2 Å². The van der Waals surface area contributed by atoms with Gasteiger partial charge in [-0.25, -0.2) is 4.79 Å². The van der Waals surface area contributed by atoms with Crippen molar-refractivity contribution >= 4 is 29.3 Å². The summed E-state index contributed by atoms with van der Waals surface area (Å²) in [4.78, 5) is 38.8. The van der Waals surface area contributed by atoms with Crippen molar-refractivity contribution in [1.82, 2.24) is 5.32 Å². The Hall–Kier alpha value is -3.39. The number of rotatable bonds is 4. The maximum Gasteiger partial charge on any atom is 0.415 e. The molecule has 2 atom stereocenters. The molecule has 8 heteroatoms. The maximum absolute atomic E-state index is 12.7. The number of hydrogen-bond acceptors (Lipinski definition) is 5. The number of carbonyl (C=O) groups is 3. The molecule has 31 heavy (non-hydrogen) atoms. The molecule has 1 saturated carbocycles. The topological polar surface area (TPSA) is 114 Å². The highest BCUT2D eigenvalue weighted by molar-refractivity contribution is 6.09. The largest absolute Gasteiger partial charge is 0.444 e. The summed E-state index contributed by atoms with van der Waals surface area (Å²) < 4.78 is 5.38. The molecule has 1 aliphatic carbocycles. The Kier molecular flexibility index (Phi) is 6.18. The van der Waals surface area contributed by atoms with Crippen molar-refractivity contribution in [2.75, 3.05) is 16.8 Å². The van der Waals surface area contributed by atoms with Gasteiger partial charge in [0, 0.05) is 17.6 Å². The van der Waals surface area contributed by atoms with Crippen LogP contribution in [0.3, 0.4) is 0 Å².